The van der Waals surface area contributed by atoms with E-state index in [2.05, 4.69) is 5.32 Å². The summed E-state index contributed by atoms with van der Waals surface area (Å²) in [7, 11) is 5.52. The number of methoxy groups -OCH3 is 1. The Labute approximate surface area is 155 Å². The molecule has 1 aliphatic heterocycles. The summed E-state index contributed by atoms with van der Waals surface area (Å²) >= 11 is 0. The van der Waals surface area contributed by atoms with Gasteiger partial charge in [-0.25, -0.2) is 0 Å². The highest BCUT2D eigenvalue weighted by Gasteiger charge is 2.27. The number of likely N-dealkylation sites (tertiary alicyclic amines) is 1. The first-order valence-electron chi connectivity index (χ1n) is 8.97. The summed E-state index contributed by atoms with van der Waals surface area (Å²) in [6, 6.07) is 7.25. The topological polar surface area (TPSA) is 71.1 Å². The third-order valence-corrected chi connectivity index (χ3v) is 4.50. The molecular weight excluding hydrogens is 334 g/mol. The maximum atomic E-state index is 12.3. The summed E-state index contributed by atoms with van der Waals surface area (Å²) in [5, 5.41) is 2.96. The van der Waals surface area contributed by atoms with Crippen LogP contribution in [0.25, 0.3) is 0 Å². The Bertz CT molecular complexity index is 598. The number of piperidine rings is 1. The quantitative estimate of drug-likeness (QED) is 0.746. The molecule has 1 aromatic carbocycles. The fraction of sp³-hybridized carbons (Fsp3) is 0.579. The van der Waals surface area contributed by atoms with E-state index in [0.717, 1.165) is 6.54 Å². The van der Waals surface area contributed by atoms with Crippen molar-refractivity contribution in [2.75, 3.05) is 54.0 Å². The molecule has 1 heterocycles. The maximum Gasteiger partial charge on any atom is 0.260 e. The number of hydrogen-bond donors (Lipinski definition) is 1. The molecule has 7 heteroatoms. The smallest absolute Gasteiger partial charge is 0.260 e. The molecule has 0 atom stereocenters. The lowest BCUT2D eigenvalue weighted by atomic mass is 9.96. The van der Waals surface area contributed by atoms with Crippen molar-refractivity contribution in [3.05, 3.63) is 24.3 Å². The largest absolute Gasteiger partial charge is 0.493 e. The second-order valence-corrected chi connectivity index (χ2v) is 6.69. The number of ether oxygens (including phenoxy) is 2. The van der Waals surface area contributed by atoms with Crippen molar-refractivity contribution in [1.29, 1.82) is 0 Å². The monoisotopic (exact) mass is 363 g/mol. The molecule has 0 radical (unpaired) electrons. The molecule has 0 saturated carbocycles. The highest BCUT2D eigenvalue weighted by atomic mass is 16.5. The van der Waals surface area contributed by atoms with Gasteiger partial charge in [-0.2, -0.15) is 0 Å². The second kappa shape index (κ2) is 10.0. The Balaban J connectivity index is 1.73. The first-order valence-corrected chi connectivity index (χ1v) is 8.97. The number of amides is 2. The van der Waals surface area contributed by atoms with E-state index in [4.69, 9.17) is 9.47 Å². The van der Waals surface area contributed by atoms with E-state index >= 15 is 0 Å². The van der Waals surface area contributed by atoms with Crippen molar-refractivity contribution >= 4 is 11.8 Å². The summed E-state index contributed by atoms with van der Waals surface area (Å²) in [6.07, 6.45) is 1.38. The van der Waals surface area contributed by atoms with Crippen LogP contribution in [0.3, 0.4) is 0 Å². The van der Waals surface area contributed by atoms with Crippen LogP contribution < -0.4 is 14.8 Å². The molecular formula is C19H29N3O4. The van der Waals surface area contributed by atoms with Crippen LogP contribution in [0.2, 0.25) is 0 Å². The zero-order valence-corrected chi connectivity index (χ0v) is 15.9. The number of rotatable bonds is 8. The van der Waals surface area contributed by atoms with Crippen LogP contribution in [0.5, 0.6) is 11.5 Å². The van der Waals surface area contributed by atoms with Crippen LogP contribution in [0, 0.1) is 5.92 Å². The van der Waals surface area contributed by atoms with Gasteiger partial charge < -0.3 is 24.6 Å². The molecule has 144 valence electrons. The van der Waals surface area contributed by atoms with Crippen LogP contribution in [0.4, 0.5) is 0 Å². The predicted octanol–water partition coefficient (Wildman–Crippen LogP) is 0.990. The van der Waals surface area contributed by atoms with E-state index in [-0.39, 0.29) is 24.3 Å². The van der Waals surface area contributed by atoms with Gasteiger partial charge >= 0.3 is 0 Å². The molecule has 1 aliphatic rings. The average Bonchev–Trinajstić information content (AvgIpc) is 2.66. The summed E-state index contributed by atoms with van der Waals surface area (Å²) < 4.78 is 10.8. The predicted molar refractivity (Wildman–Crippen MR) is 99.4 cm³/mol. The number of carbonyl (C=O) groups excluding carboxylic acids is 2. The van der Waals surface area contributed by atoms with Crippen LogP contribution in [-0.4, -0.2) is 75.6 Å². The Morgan fingerprint density at radius 2 is 1.85 bits per heavy atom. The van der Waals surface area contributed by atoms with Gasteiger partial charge in [-0.15, -0.1) is 0 Å². The van der Waals surface area contributed by atoms with Gasteiger partial charge in [0.1, 0.15) is 0 Å². The van der Waals surface area contributed by atoms with Gasteiger partial charge in [0.05, 0.1) is 7.11 Å². The van der Waals surface area contributed by atoms with Crippen molar-refractivity contribution < 1.29 is 19.1 Å². The maximum absolute atomic E-state index is 12.3. The van der Waals surface area contributed by atoms with Crippen LogP contribution in [0.15, 0.2) is 24.3 Å². The molecule has 0 aliphatic carbocycles. The van der Waals surface area contributed by atoms with Crippen molar-refractivity contribution in [3.8, 4) is 11.5 Å². The highest BCUT2D eigenvalue weighted by Crippen LogP contribution is 2.26. The Kier molecular flexibility index (Phi) is 7.72. The molecule has 0 bridgehead atoms. The standard InChI is InChI=1S/C19H29N3O4/c1-21(2)13-10-20-19(24)15-8-11-22(12-9-15)18(23)14-26-17-7-5-4-6-16(17)25-3/h4-7,15H,8-14H2,1-3H3,(H,20,24). The zero-order valence-electron chi connectivity index (χ0n) is 15.9. The Morgan fingerprint density at radius 3 is 2.46 bits per heavy atom. The molecule has 1 N–H and O–H groups in total. The van der Waals surface area contributed by atoms with Gasteiger partial charge in [0.25, 0.3) is 5.91 Å². The van der Waals surface area contributed by atoms with Crippen molar-refractivity contribution in [2.45, 2.75) is 12.8 Å². The van der Waals surface area contributed by atoms with E-state index in [1.165, 1.54) is 0 Å². The molecule has 0 spiro atoms. The first kappa shape index (κ1) is 20.0. The molecule has 26 heavy (non-hydrogen) atoms. The summed E-state index contributed by atoms with van der Waals surface area (Å²) in [6.45, 7) is 2.61. The number of para-hydroxylation sites is 2. The van der Waals surface area contributed by atoms with Crippen molar-refractivity contribution in [3.63, 3.8) is 0 Å². The molecule has 1 aromatic rings. The number of carbonyl (C=O) groups is 2. The number of nitrogens with zero attached hydrogens (tertiary/aromatic N) is 2. The summed E-state index contributed by atoms with van der Waals surface area (Å²) in [5.74, 6) is 1.16. The fourth-order valence-electron chi connectivity index (χ4n) is 2.91. The minimum absolute atomic E-state index is 0.0173. The van der Waals surface area contributed by atoms with Gasteiger partial charge in [0.15, 0.2) is 18.1 Å². The van der Waals surface area contributed by atoms with E-state index in [1.54, 1.807) is 24.1 Å². The van der Waals surface area contributed by atoms with Gasteiger partial charge in [-0.3, -0.25) is 9.59 Å². The van der Waals surface area contributed by atoms with Gasteiger partial charge in [0, 0.05) is 32.1 Å². The number of nitrogens with one attached hydrogen (secondary N) is 1. The zero-order chi connectivity index (χ0) is 18.9. The van der Waals surface area contributed by atoms with Crippen LogP contribution in [-0.2, 0) is 9.59 Å². The molecule has 0 unspecified atom stereocenters. The lowest BCUT2D eigenvalue weighted by Gasteiger charge is -2.31. The van der Waals surface area contributed by atoms with Crippen molar-refractivity contribution in [1.82, 2.24) is 15.1 Å². The lowest BCUT2D eigenvalue weighted by Crippen LogP contribution is -2.45. The normalized spacial score (nSPS) is 15.0. The molecule has 2 amide bonds. The molecule has 0 aromatic heterocycles. The summed E-state index contributed by atoms with van der Waals surface area (Å²) in [4.78, 5) is 28.3. The van der Waals surface area contributed by atoms with E-state index in [9.17, 15) is 9.59 Å². The highest BCUT2D eigenvalue weighted by molar-refractivity contribution is 5.80. The van der Waals surface area contributed by atoms with Gasteiger partial charge in [-0.05, 0) is 39.1 Å². The first-order chi connectivity index (χ1) is 12.5. The van der Waals surface area contributed by atoms with E-state index in [0.29, 0.717) is 44.0 Å². The van der Waals surface area contributed by atoms with Crippen molar-refractivity contribution in [2.24, 2.45) is 5.92 Å². The van der Waals surface area contributed by atoms with Crippen LogP contribution >= 0.6 is 0 Å². The van der Waals surface area contributed by atoms with Gasteiger partial charge in [-0.1, -0.05) is 12.1 Å². The second-order valence-electron chi connectivity index (χ2n) is 6.69. The van der Waals surface area contributed by atoms with Gasteiger partial charge in [0.2, 0.25) is 5.91 Å². The fourth-order valence-corrected chi connectivity index (χ4v) is 2.91. The summed E-state index contributed by atoms with van der Waals surface area (Å²) in [5.41, 5.74) is 0. The van der Waals surface area contributed by atoms with E-state index < -0.39 is 0 Å². The molecule has 1 fully saturated rings. The Hall–Kier alpha value is -2.28. The Morgan fingerprint density at radius 1 is 1.19 bits per heavy atom. The minimum atomic E-state index is -0.0672. The number of likely N-dealkylation sites (N-methyl/N-ethyl adjacent to an activating group) is 1. The third kappa shape index (κ3) is 5.91. The third-order valence-electron chi connectivity index (χ3n) is 4.50. The average molecular weight is 363 g/mol. The SMILES string of the molecule is COc1ccccc1OCC(=O)N1CCC(C(=O)NCCN(C)C)CC1. The number of hydrogen-bond acceptors (Lipinski definition) is 5. The molecule has 2 rings (SSSR count). The molecule has 7 nitrogen and oxygen atoms in total. The van der Waals surface area contributed by atoms with E-state index in [1.807, 2.05) is 31.1 Å². The number of benzene rings is 1. The minimum Gasteiger partial charge on any atom is -0.493 e. The lowest BCUT2D eigenvalue weighted by molar-refractivity contribution is -0.137. The van der Waals surface area contributed by atoms with Crippen LogP contribution in [0.1, 0.15) is 12.8 Å². The molecule has 1 saturated heterocycles.